The van der Waals surface area contributed by atoms with E-state index in [2.05, 4.69) is 22.1 Å². The molecule has 0 radical (unpaired) electrons. The summed E-state index contributed by atoms with van der Waals surface area (Å²) in [5, 5.41) is 3.36. The highest BCUT2D eigenvalue weighted by Gasteiger charge is 2.22. The van der Waals surface area contributed by atoms with Crippen LogP contribution in [0, 0.1) is 5.92 Å². The van der Waals surface area contributed by atoms with Crippen LogP contribution in [0.5, 0.6) is 0 Å². The lowest BCUT2D eigenvalue weighted by Gasteiger charge is -2.33. The van der Waals surface area contributed by atoms with Crippen LogP contribution in [0.2, 0.25) is 0 Å². The summed E-state index contributed by atoms with van der Waals surface area (Å²) in [6, 6.07) is 0. The minimum Gasteiger partial charge on any atom is -0.444 e. The summed E-state index contributed by atoms with van der Waals surface area (Å²) in [5.41, 5.74) is -0.460. The number of carbonyl (C=O) groups is 1. The lowest BCUT2D eigenvalue weighted by molar-refractivity contribution is 0.0263. The molecule has 0 atom stereocenters. The van der Waals surface area contributed by atoms with Crippen molar-refractivity contribution < 1.29 is 9.53 Å². The quantitative estimate of drug-likeness (QED) is 0.403. The zero-order chi connectivity index (χ0) is 17.5. The van der Waals surface area contributed by atoms with Gasteiger partial charge in [-0.3, -0.25) is 4.99 Å². The van der Waals surface area contributed by atoms with Gasteiger partial charge in [-0.05, 0) is 46.5 Å². The second kappa shape index (κ2) is 11.0. The van der Waals surface area contributed by atoms with Crippen LogP contribution in [0.15, 0.2) is 4.99 Å². The molecule has 1 N–H and O–H groups in total. The fourth-order valence-electron chi connectivity index (χ4n) is 2.56. The van der Waals surface area contributed by atoms with E-state index in [0.29, 0.717) is 19.6 Å². The number of likely N-dealkylation sites (N-methyl/N-ethyl adjacent to an activating group) is 1. The van der Waals surface area contributed by atoms with Gasteiger partial charge in [0.2, 0.25) is 0 Å². The number of nitrogens with one attached hydrogen (secondary N) is 1. The molecule has 142 valence electrons. The van der Waals surface area contributed by atoms with Gasteiger partial charge in [0.15, 0.2) is 5.96 Å². The highest BCUT2D eigenvalue weighted by atomic mass is 127. The lowest BCUT2D eigenvalue weighted by atomic mass is 10.00. The lowest BCUT2D eigenvalue weighted by Crippen LogP contribution is -2.48. The van der Waals surface area contributed by atoms with Crippen molar-refractivity contribution in [2.24, 2.45) is 10.9 Å². The summed E-state index contributed by atoms with van der Waals surface area (Å²) in [6.45, 7) is 13.9. The largest absolute Gasteiger partial charge is 0.444 e. The van der Waals surface area contributed by atoms with E-state index in [1.807, 2.05) is 34.7 Å². The van der Waals surface area contributed by atoms with Crippen molar-refractivity contribution in [3.63, 3.8) is 0 Å². The predicted molar refractivity (Wildman–Crippen MR) is 110 cm³/mol. The molecule has 0 spiro atoms. The number of nitrogens with zero attached hydrogens (tertiary/aromatic N) is 3. The maximum absolute atomic E-state index is 12.1. The number of hydrogen-bond acceptors (Lipinski definition) is 3. The average molecular weight is 454 g/mol. The number of aliphatic imine (C=N–C) groups is 1. The third-order valence-electron chi connectivity index (χ3n) is 3.99. The first-order chi connectivity index (χ1) is 10.8. The minimum absolute atomic E-state index is 0. The van der Waals surface area contributed by atoms with E-state index < -0.39 is 5.60 Å². The summed E-state index contributed by atoms with van der Waals surface area (Å²) < 4.78 is 5.42. The Morgan fingerprint density at radius 3 is 2.38 bits per heavy atom. The van der Waals surface area contributed by atoms with Crippen molar-refractivity contribution in [2.45, 2.75) is 53.1 Å². The molecule has 1 aliphatic heterocycles. The SMILES string of the molecule is CCN(CCNC(=NC)N1CCC(C)CC1)C(=O)OC(C)(C)C.I. The predicted octanol–water partition coefficient (Wildman–Crippen LogP) is 3.17. The van der Waals surface area contributed by atoms with E-state index in [4.69, 9.17) is 4.74 Å². The fraction of sp³-hybridized carbons (Fsp3) is 0.882. The third-order valence-corrected chi connectivity index (χ3v) is 3.99. The summed E-state index contributed by atoms with van der Waals surface area (Å²) in [5.74, 6) is 1.73. The topological polar surface area (TPSA) is 57.2 Å². The van der Waals surface area contributed by atoms with Gasteiger partial charge in [-0.1, -0.05) is 6.92 Å². The Balaban J connectivity index is 0.00000529. The normalized spacial score (nSPS) is 16.4. The average Bonchev–Trinajstić information content (AvgIpc) is 2.47. The van der Waals surface area contributed by atoms with Gasteiger partial charge >= 0.3 is 6.09 Å². The molecule has 0 aromatic rings. The van der Waals surface area contributed by atoms with Crippen molar-refractivity contribution in [1.29, 1.82) is 0 Å². The van der Waals surface area contributed by atoms with Crippen LogP contribution in [-0.2, 0) is 4.74 Å². The number of piperidine rings is 1. The number of guanidine groups is 1. The number of likely N-dealkylation sites (tertiary alicyclic amines) is 1. The second-order valence-electron chi connectivity index (χ2n) is 7.20. The molecule has 1 fully saturated rings. The van der Waals surface area contributed by atoms with Crippen LogP contribution in [0.4, 0.5) is 4.79 Å². The zero-order valence-electron chi connectivity index (χ0n) is 16.1. The monoisotopic (exact) mass is 454 g/mol. The van der Waals surface area contributed by atoms with E-state index in [9.17, 15) is 4.79 Å². The van der Waals surface area contributed by atoms with Crippen LogP contribution in [0.3, 0.4) is 0 Å². The van der Waals surface area contributed by atoms with Crippen molar-refractivity contribution in [3.05, 3.63) is 0 Å². The molecule has 24 heavy (non-hydrogen) atoms. The third kappa shape index (κ3) is 8.39. The summed E-state index contributed by atoms with van der Waals surface area (Å²) in [7, 11) is 1.81. The van der Waals surface area contributed by atoms with Gasteiger partial charge in [0.1, 0.15) is 5.60 Å². The molecule has 1 saturated heterocycles. The molecule has 1 amide bonds. The number of ether oxygens (including phenoxy) is 1. The van der Waals surface area contributed by atoms with Crippen LogP contribution in [0.1, 0.15) is 47.5 Å². The van der Waals surface area contributed by atoms with Crippen molar-refractivity contribution in [2.75, 3.05) is 39.8 Å². The Morgan fingerprint density at radius 2 is 1.92 bits per heavy atom. The van der Waals surface area contributed by atoms with E-state index in [-0.39, 0.29) is 30.1 Å². The molecule has 0 aliphatic carbocycles. The van der Waals surface area contributed by atoms with Crippen molar-refractivity contribution in [3.8, 4) is 0 Å². The molecule has 0 aromatic heterocycles. The Bertz CT molecular complexity index is 402. The first-order valence-electron chi connectivity index (χ1n) is 8.70. The molecule has 1 heterocycles. The van der Waals surface area contributed by atoms with E-state index >= 15 is 0 Å². The van der Waals surface area contributed by atoms with E-state index in [1.54, 1.807) is 4.90 Å². The standard InChI is InChI=1S/C17H34N4O2.HI/c1-7-20(16(22)23-17(3,4)5)13-10-19-15(18-6)21-11-8-14(2)9-12-21;/h14H,7-13H2,1-6H3,(H,18,19);1H. The maximum Gasteiger partial charge on any atom is 0.410 e. The zero-order valence-corrected chi connectivity index (χ0v) is 18.4. The Labute approximate surface area is 164 Å². The Kier molecular flexibility index (Phi) is 10.7. The molecule has 0 bridgehead atoms. The molecular formula is C17H35IN4O2. The highest BCUT2D eigenvalue weighted by Crippen LogP contribution is 2.15. The molecule has 0 saturated carbocycles. The molecule has 0 unspecified atom stereocenters. The fourth-order valence-corrected chi connectivity index (χ4v) is 2.56. The number of hydrogen-bond donors (Lipinski definition) is 1. The molecule has 6 nitrogen and oxygen atoms in total. The number of rotatable bonds is 4. The van der Waals surface area contributed by atoms with Gasteiger partial charge in [-0.2, -0.15) is 0 Å². The molecule has 1 aliphatic rings. The first kappa shape index (κ1) is 23.3. The maximum atomic E-state index is 12.1. The van der Waals surface area contributed by atoms with Gasteiger partial charge in [0.05, 0.1) is 0 Å². The van der Waals surface area contributed by atoms with Crippen molar-refractivity contribution >= 4 is 36.0 Å². The van der Waals surface area contributed by atoms with E-state index in [0.717, 1.165) is 25.0 Å². The molecule has 7 heteroatoms. The van der Waals surface area contributed by atoms with Gasteiger partial charge in [-0.25, -0.2) is 4.79 Å². The summed E-state index contributed by atoms with van der Waals surface area (Å²) in [6.07, 6.45) is 2.16. The highest BCUT2D eigenvalue weighted by molar-refractivity contribution is 14.0. The molecular weight excluding hydrogens is 419 g/mol. The second-order valence-corrected chi connectivity index (χ2v) is 7.20. The Hall–Kier alpha value is -0.730. The van der Waals surface area contributed by atoms with Gasteiger partial charge < -0.3 is 19.9 Å². The smallest absolute Gasteiger partial charge is 0.410 e. The van der Waals surface area contributed by atoms with Crippen LogP contribution < -0.4 is 5.32 Å². The van der Waals surface area contributed by atoms with Crippen LogP contribution in [-0.4, -0.2) is 67.2 Å². The molecule has 0 aromatic carbocycles. The van der Waals surface area contributed by atoms with Crippen LogP contribution >= 0.6 is 24.0 Å². The summed E-state index contributed by atoms with van der Waals surface area (Å²) >= 11 is 0. The van der Waals surface area contributed by atoms with Crippen LogP contribution in [0.25, 0.3) is 0 Å². The summed E-state index contributed by atoms with van der Waals surface area (Å²) in [4.78, 5) is 20.5. The number of halogens is 1. The van der Waals surface area contributed by atoms with Crippen molar-refractivity contribution in [1.82, 2.24) is 15.1 Å². The van der Waals surface area contributed by atoms with Gasteiger partial charge in [-0.15, -0.1) is 24.0 Å². The number of amides is 1. The van der Waals surface area contributed by atoms with Gasteiger partial charge in [0.25, 0.3) is 0 Å². The first-order valence-corrected chi connectivity index (χ1v) is 8.70. The number of carbonyl (C=O) groups excluding carboxylic acids is 1. The molecule has 1 rings (SSSR count). The Morgan fingerprint density at radius 1 is 1.33 bits per heavy atom. The van der Waals surface area contributed by atoms with E-state index in [1.165, 1.54) is 12.8 Å². The minimum atomic E-state index is -0.460. The van der Waals surface area contributed by atoms with Gasteiger partial charge in [0, 0.05) is 39.8 Å².